The summed E-state index contributed by atoms with van der Waals surface area (Å²) in [6, 6.07) is 4.03. The fourth-order valence-electron chi connectivity index (χ4n) is 2.54. The van der Waals surface area contributed by atoms with Crippen molar-refractivity contribution in [2.45, 2.75) is 33.2 Å². The molecule has 1 unspecified atom stereocenters. The van der Waals surface area contributed by atoms with Crippen molar-refractivity contribution in [3.8, 4) is 0 Å². The summed E-state index contributed by atoms with van der Waals surface area (Å²) in [7, 11) is 0. The van der Waals surface area contributed by atoms with Crippen LogP contribution in [0.4, 0.5) is 0 Å². The summed E-state index contributed by atoms with van der Waals surface area (Å²) in [6.45, 7) is 8.10. The van der Waals surface area contributed by atoms with E-state index in [1.165, 1.54) is 25.9 Å². The Labute approximate surface area is 92.3 Å². The van der Waals surface area contributed by atoms with Gasteiger partial charge in [-0.05, 0) is 43.4 Å². The molecule has 2 nitrogen and oxygen atoms in total. The molecule has 2 heterocycles. The lowest BCUT2D eigenvalue weighted by Crippen LogP contribution is -2.20. The highest BCUT2D eigenvalue weighted by Gasteiger charge is 2.23. The molecular formula is C13H21NO. The molecule has 1 aliphatic rings. The van der Waals surface area contributed by atoms with E-state index in [1.807, 2.05) is 6.07 Å². The molecule has 2 heteroatoms. The maximum absolute atomic E-state index is 5.37. The Bertz CT molecular complexity index is 279. The van der Waals surface area contributed by atoms with E-state index in [-0.39, 0.29) is 0 Å². The number of furan rings is 1. The van der Waals surface area contributed by atoms with Crippen LogP contribution in [0.3, 0.4) is 0 Å². The van der Waals surface area contributed by atoms with Crippen molar-refractivity contribution in [1.29, 1.82) is 0 Å². The lowest BCUT2D eigenvalue weighted by molar-refractivity contribution is 0.279. The van der Waals surface area contributed by atoms with Crippen LogP contribution in [0.1, 0.15) is 32.4 Å². The van der Waals surface area contributed by atoms with Gasteiger partial charge in [0, 0.05) is 6.54 Å². The Hall–Kier alpha value is -0.760. The normalized spacial score (nSPS) is 22.7. The molecule has 1 atom stereocenters. The van der Waals surface area contributed by atoms with Crippen LogP contribution < -0.4 is 0 Å². The number of hydrogen-bond donors (Lipinski definition) is 0. The first-order valence-corrected chi connectivity index (χ1v) is 5.99. The SMILES string of the molecule is CC(C)CC1CCN(Cc2ccco2)C1. The Morgan fingerprint density at radius 1 is 1.53 bits per heavy atom. The molecule has 1 aromatic heterocycles. The summed E-state index contributed by atoms with van der Waals surface area (Å²) in [6.07, 6.45) is 4.49. The number of hydrogen-bond acceptors (Lipinski definition) is 2. The minimum atomic E-state index is 0.832. The van der Waals surface area contributed by atoms with E-state index in [0.29, 0.717) is 0 Å². The third-order valence-electron chi connectivity index (χ3n) is 3.13. The molecule has 1 aromatic rings. The van der Waals surface area contributed by atoms with Crippen LogP contribution in [-0.4, -0.2) is 18.0 Å². The van der Waals surface area contributed by atoms with Crippen molar-refractivity contribution in [3.63, 3.8) is 0 Å². The Morgan fingerprint density at radius 2 is 2.40 bits per heavy atom. The van der Waals surface area contributed by atoms with E-state index < -0.39 is 0 Å². The fraction of sp³-hybridized carbons (Fsp3) is 0.692. The van der Waals surface area contributed by atoms with Crippen LogP contribution >= 0.6 is 0 Å². The third kappa shape index (κ3) is 3.10. The second-order valence-corrected chi connectivity index (χ2v) is 5.10. The standard InChI is InChI=1S/C13H21NO/c1-11(2)8-12-5-6-14(9-12)10-13-4-3-7-15-13/h3-4,7,11-12H,5-6,8-10H2,1-2H3. The van der Waals surface area contributed by atoms with Crippen molar-refractivity contribution in [3.05, 3.63) is 24.2 Å². The van der Waals surface area contributed by atoms with Crippen molar-refractivity contribution >= 4 is 0 Å². The molecule has 15 heavy (non-hydrogen) atoms. The van der Waals surface area contributed by atoms with E-state index in [1.54, 1.807) is 6.26 Å². The summed E-state index contributed by atoms with van der Waals surface area (Å²) in [5.74, 6) is 2.83. The van der Waals surface area contributed by atoms with E-state index in [0.717, 1.165) is 24.1 Å². The van der Waals surface area contributed by atoms with Gasteiger partial charge in [0.05, 0.1) is 12.8 Å². The first-order valence-electron chi connectivity index (χ1n) is 5.99. The summed E-state index contributed by atoms with van der Waals surface area (Å²) >= 11 is 0. The lowest BCUT2D eigenvalue weighted by atomic mass is 9.97. The topological polar surface area (TPSA) is 16.4 Å². The maximum atomic E-state index is 5.37. The molecule has 1 aliphatic heterocycles. The van der Waals surface area contributed by atoms with Gasteiger partial charge in [0.1, 0.15) is 5.76 Å². The molecule has 1 fully saturated rings. The fourth-order valence-corrected chi connectivity index (χ4v) is 2.54. The molecule has 0 radical (unpaired) electrons. The van der Waals surface area contributed by atoms with Gasteiger partial charge in [0.15, 0.2) is 0 Å². The van der Waals surface area contributed by atoms with Gasteiger partial charge in [0.2, 0.25) is 0 Å². The molecule has 0 spiro atoms. The first-order chi connectivity index (χ1) is 7.24. The minimum absolute atomic E-state index is 0.832. The van der Waals surface area contributed by atoms with Crippen molar-refractivity contribution < 1.29 is 4.42 Å². The highest BCUT2D eigenvalue weighted by Crippen LogP contribution is 2.24. The van der Waals surface area contributed by atoms with Gasteiger partial charge in [-0.25, -0.2) is 0 Å². The molecule has 2 rings (SSSR count). The lowest BCUT2D eigenvalue weighted by Gasteiger charge is -2.15. The van der Waals surface area contributed by atoms with Crippen molar-refractivity contribution in [2.24, 2.45) is 11.8 Å². The summed E-state index contributed by atoms with van der Waals surface area (Å²) in [5.41, 5.74) is 0. The highest BCUT2D eigenvalue weighted by atomic mass is 16.3. The van der Waals surface area contributed by atoms with E-state index in [4.69, 9.17) is 4.42 Å². The van der Waals surface area contributed by atoms with Gasteiger partial charge in [-0.2, -0.15) is 0 Å². The predicted molar refractivity (Wildman–Crippen MR) is 61.5 cm³/mol. The van der Waals surface area contributed by atoms with Crippen LogP contribution in [0.25, 0.3) is 0 Å². The zero-order valence-electron chi connectivity index (χ0n) is 9.78. The molecule has 0 aliphatic carbocycles. The van der Waals surface area contributed by atoms with Crippen LogP contribution in [0, 0.1) is 11.8 Å². The van der Waals surface area contributed by atoms with Crippen LogP contribution in [0.2, 0.25) is 0 Å². The van der Waals surface area contributed by atoms with E-state index >= 15 is 0 Å². The van der Waals surface area contributed by atoms with Crippen LogP contribution in [-0.2, 0) is 6.54 Å². The number of rotatable bonds is 4. The third-order valence-corrected chi connectivity index (χ3v) is 3.13. The molecular weight excluding hydrogens is 186 g/mol. The average Bonchev–Trinajstić information content (AvgIpc) is 2.77. The Morgan fingerprint density at radius 3 is 3.07 bits per heavy atom. The second-order valence-electron chi connectivity index (χ2n) is 5.10. The van der Waals surface area contributed by atoms with Crippen molar-refractivity contribution in [2.75, 3.05) is 13.1 Å². The van der Waals surface area contributed by atoms with Gasteiger partial charge in [-0.15, -0.1) is 0 Å². The first kappa shape index (κ1) is 10.7. The highest BCUT2D eigenvalue weighted by molar-refractivity contribution is 4.98. The molecule has 0 N–H and O–H groups in total. The van der Waals surface area contributed by atoms with Gasteiger partial charge < -0.3 is 4.42 Å². The number of nitrogens with zero attached hydrogens (tertiary/aromatic N) is 1. The van der Waals surface area contributed by atoms with Gasteiger partial charge >= 0.3 is 0 Å². The zero-order chi connectivity index (χ0) is 10.7. The van der Waals surface area contributed by atoms with Crippen molar-refractivity contribution in [1.82, 2.24) is 4.90 Å². The molecule has 0 bridgehead atoms. The average molecular weight is 207 g/mol. The predicted octanol–water partition coefficient (Wildman–Crippen LogP) is 3.15. The summed E-state index contributed by atoms with van der Waals surface area (Å²) in [4.78, 5) is 2.51. The number of likely N-dealkylation sites (tertiary alicyclic amines) is 1. The second kappa shape index (κ2) is 4.84. The largest absolute Gasteiger partial charge is 0.468 e. The molecule has 1 saturated heterocycles. The quantitative estimate of drug-likeness (QED) is 0.754. The zero-order valence-corrected chi connectivity index (χ0v) is 9.78. The monoisotopic (exact) mass is 207 g/mol. The van der Waals surface area contributed by atoms with Crippen LogP contribution in [0.15, 0.2) is 22.8 Å². The van der Waals surface area contributed by atoms with Gasteiger partial charge in [-0.1, -0.05) is 13.8 Å². The maximum Gasteiger partial charge on any atom is 0.117 e. The van der Waals surface area contributed by atoms with Gasteiger partial charge in [-0.3, -0.25) is 4.90 Å². The molecule has 84 valence electrons. The Balaban J connectivity index is 1.78. The molecule has 0 amide bonds. The summed E-state index contributed by atoms with van der Waals surface area (Å²) < 4.78 is 5.37. The van der Waals surface area contributed by atoms with Gasteiger partial charge in [0.25, 0.3) is 0 Å². The van der Waals surface area contributed by atoms with Crippen LogP contribution in [0.5, 0.6) is 0 Å². The smallest absolute Gasteiger partial charge is 0.117 e. The van der Waals surface area contributed by atoms with E-state index in [2.05, 4.69) is 24.8 Å². The van der Waals surface area contributed by atoms with E-state index in [9.17, 15) is 0 Å². The Kier molecular flexibility index (Phi) is 3.47. The molecule has 0 aromatic carbocycles. The molecule has 0 saturated carbocycles. The summed E-state index contributed by atoms with van der Waals surface area (Å²) in [5, 5.41) is 0. The minimum Gasteiger partial charge on any atom is -0.468 e.